The number of anilines is 1. The highest BCUT2D eigenvalue weighted by Crippen LogP contribution is 2.14. The first kappa shape index (κ1) is 15.7. The third kappa shape index (κ3) is 2.84. The highest BCUT2D eigenvalue weighted by Gasteiger charge is 2.16. The molecule has 0 radical (unpaired) electrons. The number of fused-ring (bicyclic) bond motifs is 1. The van der Waals surface area contributed by atoms with Crippen molar-refractivity contribution in [3.8, 4) is 0 Å². The Morgan fingerprint density at radius 1 is 1.33 bits per heavy atom. The Balaban J connectivity index is 2.04. The first-order valence-electron chi connectivity index (χ1n) is 7.26. The van der Waals surface area contributed by atoms with Gasteiger partial charge < -0.3 is 9.67 Å². The average molecular weight is 328 g/mol. The number of aromatic amines is 1. The maximum Gasteiger partial charge on any atom is 0.329 e. The molecule has 2 heterocycles. The van der Waals surface area contributed by atoms with Gasteiger partial charge in [0, 0.05) is 13.6 Å². The number of rotatable bonds is 5. The highest BCUT2D eigenvalue weighted by atomic mass is 16.3. The lowest BCUT2D eigenvalue weighted by Crippen LogP contribution is -2.29. The third-order valence-electron chi connectivity index (χ3n) is 3.51. The van der Waals surface area contributed by atoms with E-state index in [2.05, 4.69) is 20.5 Å². The van der Waals surface area contributed by atoms with Crippen molar-refractivity contribution >= 4 is 23.3 Å². The molecule has 9 nitrogen and oxygen atoms in total. The Kier molecular flexibility index (Phi) is 4.25. The van der Waals surface area contributed by atoms with Gasteiger partial charge in [-0.1, -0.05) is 30.3 Å². The van der Waals surface area contributed by atoms with E-state index in [4.69, 9.17) is 0 Å². The monoisotopic (exact) mass is 328 g/mol. The molecule has 0 fully saturated rings. The number of imidazole rings is 1. The van der Waals surface area contributed by atoms with E-state index in [0.717, 1.165) is 5.56 Å². The van der Waals surface area contributed by atoms with Gasteiger partial charge in [-0.15, -0.1) is 0 Å². The van der Waals surface area contributed by atoms with Crippen LogP contribution in [0.3, 0.4) is 0 Å². The molecule has 3 N–H and O–H groups in total. The molecule has 0 aliphatic rings. The molecule has 0 spiro atoms. The van der Waals surface area contributed by atoms with Crippen LogP contribution in [0.1, 0.15) is 5.56 Å². The first-order chi connectivity index (χ1) is 11.6. The van der Waals surface area contributed by atoms with Crippen molar-refractivity contribution in [2.45, 2.75) is 6.54 Å². The SMILES string of the molecule is Cn1c(=O)[nH]c(=O)c2c1nc(N/N=C/c1ccccc1)n2CCO. The van der Waals surface area contributed by atoms with Crippen LogP contribution >= 0.6 is 0 Å². The Morgan fingerprint density at radius 2 is 2.08 bits per heavy atom. The molecule has 124 valence electrons. The van der Waals surface area contributed by atoms with E-state index in [9.17, 15) is 14.7 Å². The van der Waals surface area contributed by atoms with Gasteiger partial charge in [0.05, 0.1) is 12.8 Å². The van der Waals surface area contributed by atoms with Crippen LogP contribution in [0.25, 0.3) is 11.2 Å². The number of aromatic nitrogens is 4. The fourth-order valence-electron chi connectivity index (χ4n) is 2.34. The number of H-pyrrole nitrogens is 1. The molecule has 0 bridgehead atoms. The molecule has 0 unspecified atom stereocenters. The number of hydrogen-bond donors (Lipinski definition) is 3. The van der Waals surface area contributed by atoms with Crippen LogP contribution < -0.4 is 16.7 Å². The highest BCUT2D eigenvalue weighted by molar-refractivity contribution is 5.80. The average Bonchev–Trinajstić information content (AvgIpc) is 2.93. The fourth-order valence-corrected chi connectivity index (χ4v) is 2.34. The quantitative estimate of drug-likeness (QED) is 0.445. The molecule has 3 rings (SSSR count). The molecule has 0 saturated heterocycles. The topological polar surface area (TPSA) is 117 Å². The Labute approximate surface area is 135 Å². The predicted molar refractivity (Wildman–Crippen MR) is 90.3 cm³/mol. The Bertz CT molecular complexity index is 1000. The molecule has 9 heteroatoms. The van der Waals surface area contributed by atoms with Crippen LogP contribution in [0.4, 0.5) is 5.95 Å². The molecule has 0 saturated carbocycles. The molecule has 0 atom stereocenters. The molecule has 24 heavy (non-hydrogen) atoms. The minimum atomic E-state index is -0.561. The summed E-state index contributed by atoms with van der Waals surface area (Å²) in [6.07, 6.45) is 1.60. The first-order valence-corrected chi connectivity index (χ1v) is 7.26. The van der Waals surface area contributed by atoms with E-state index in [1.807, 2.05) is 30.3 Å². The molecular weight excluding hydrogens is 312 g/mol. The lowest BCUT2D eigenvalue weighted by molar-refractivity contribution is 0.278. The summed E-state index contributed by atoms with van der Waals surface area (Å²) >= 11 is 0. The zero-order valence-electron chi connectivity index (χ0n) is 12.9. The van der Waals surface area contributed by atoms with Gasteiger partial charge in [-0.2, -0.15) is 10.1 Å². The fraction of sp³-hybridized carbons (Fsp3) is 0.200. The van der Waals surface area contributed by atoms with E-state index in [1.165, 1.54) is 16.2 Å². The molecule has 0 aliphatic carbocycles. The van der Waals surface area contributed by atoms with Gasteiger partial charge in [-0.3, -0.25) is 14.3 Å². The van der Waals surface area contributed by atoms with Crippen molar-refractivity contribution in [2.24, 2.45) is 12.1 Å². The van der Waals surface area contributed by atoms with Crippen molar-refractivity contribution in [2.75, 3.05) is 12.0 Å². The summed E-state index contributed by atoms with van der Waals surface area (Å²) in [5.74, 6) is 0.262. The number of aliphatic hydroxyl groups is 1. The number of nitrogens with one attached hydrogen (secondary N) is 2. The predicted octanol–water partition coefficient (Wildman–Crippen LogP) is -0.138. The van der Waals surface area contributed by atoms with E-state index in [0.29, 0.717) is 0 Å². The van der Waals surface area contributed by atoms with Gasteiger partial charge in [-0.05, 0) is 5.56 Å². The lowest BCUT2D eigenvalue weighted by atomic mass is 10.2. The van der Waals surface area contributed by atoms with E-state index >= 15 is 0 Å². The smallest absolute Gasteiger partial charge is 0.329 e. The second kappa shape index (κ2) is 6.50. The molecule has 1 aromatic carbocycles. The van der Waals surface area contributed by atoms with Gasteiger partial charge in [0.15, 0.2) is 11.2 Å². The van der Waals surface area contributed by atoms with Crippen molar-refractivity contribution in [1.29, 1.82) is 0 Å². The Hall–Kier alpha value is -3.20. The van der Waals surface area contributed by atoms with E-state index < -0.39 is 11.2 Å². The van der Waals surface area contributed by atoms with Crippen molar-refractivity contribution in [3.05, 3.63) is 56.7 Å². The maximum atomic E-state index is 12.1. The van der Waals surface area contributed by atoms with Crippen LogP contribution in [0.5, 0.6) is 0 Å². The molecule has 0 aliphatic heterocycles. The molecule has 3 aromatic rings. The number of hydrazone groups is 1. The van der Waals surface area contributed by atoms with Gasteiger partial charge >= 0.3 is 5.69 Å². The second-order valence-corrected chi connectivity index (χ2v) is 5.08. The van der Waals surface area contributed by atoms with Crippen LogP contribution in [0, 0.1) is 0 Å². The van der Waals surface area contributed by atoms with Crippen LogP contribution in [0.15, 0.2) is 45.0 Å². The molecule has 0 amide bonds. The zero-order valence-corrected chi connectivity index (χ0v) is 12.9. The van der Waals surface area contributed by atoms with Crippen LogP contribution in [-0.2, 0) is 13.6 Å². The molecular formula is C15H16N6O3. The maximum absolute atomic E-state index is 12.1. The summed E-state index contributed by atoms with van der Waals surface area (Å²) in [7, 11) is 1.51. The Morgan fingerprint density at radius 3 is 2.79 bits per heavy atom. The van der Waals surface area contributed by atoms with Crippen molar-refractivity contribution in [3.63, 3.8) is 0 Å². The number of hydrogen-bond acceptors (Lipinski definition) is 6. The number of aliphatic hydroxyl groups excluding tert-OH is 1. The van der Waals surface area contributed by atoms with Crippen LogP contribution in [-0.4, -0.2) is 37.0 Å². The van der Waals surface area contributed by atoms with E-state index in [1.54, 1.807) is 6.21 Å². The largest absolute Gasteiger partial charge is 0.395 e. The minimum Gasteiger partial charge on any atom is -0.395 e. The summed E-state index contributed by atoms with van der Waals surface area (Å²) in [4.78, 5) is 30.2. The normalized spacial score (nSPS) is 11.4. The van der Waals surface area contributed by atoms with Crippen molar-refractivity contribution < 1.29 is 5.11 Å². The summed E-state index contributed by atoms with van der Waals surface area (Å²) in [5.41, 5.74) is 2.94. The standard InChI is InChI=1S/C15H16N6O3/c1-20-12-11(13(23)18-15(20)24)21(7-8-22)14(17-12)19-16-9-10-5-3-2-4-6-10/h2-6,9,22H,7-8H2,1H3,(H,17,19)(H,18,23,24)/b16-9+. The van der Waals surface area contributed by atoms with Gasteiger partial charge in [-0.25, -0.2) is 10.2 Å². The summed E-state index contributed by atoms with van der Waals surface area (Å²) in [6.45, 7) is -0.0498. The number of aryl methyl sites for hydroxylation is 1. The van der Waals surface area contributed by atoms with Crippen molar-refractivity contribution in [1.82, 2.24) is 19.1 Å². The lowest BCUT2D eigenvalue weighted by Gasteiger charge is -2.05. The minimum absolute atomic E-state index is 0.140. The summed E-state index contributed by atoms with van der Waals surface area (Å²) in [5, 5.41) is 13.3. The number of nitrogens with zero attached hydrogens (tertiary/aromatic N) is 4. The van der Waals surface area contributed by atoms with Gasteiger partial charge in [0.1, 0.15) is 0 Å². The number of benzene rings is 1. The second-order valence-electron chi connectivity index (χ2n) is 5.08. The third-order valence-corrected chi connectivity index (χ3v) is 3.51. The van der Waals surface area contributed by atoms with Crippen LogP contribution in [0.2, 0.25) is 0 Å². The summed E-state index contributed by atoms with van der Waals surface area (Å²) < 4.78 is 2.71. The van der Waals surface area contributed by atoms with Gasteiger partial charge in [0.25, 0.3) is 5.56 Å². The van der Waals surface area contributed by atoms with E-state index in [-0.39, 0.29) is 30.3 Å². The van der Waals surface area contributed by atoms with Gasteiger partial charge in [0.2, 0.25) is 5.95 Å². The molecule has 2 aromatic heterocycles. The summed E-state index contributed by atoms with van der Waals surface area (Å²) in [6, 6.07) is 9.44. The zero-order chi connectivity index (χ0) is 17.1.